The molecule has 0 saturated heterocycles. The molecule has 2 amide bonds. The van der Waals surface area contributed by atoms with Gasteiger partial charge in [-0.05, 0) is 17.5 Å². The number of fused-ring (bicyclic) bond motifs is 1. The van der Waals surface area contributed by atoms with E-state index in [-0.39, 0.29) is 37.4 Å². The van der Waals surface area contributed by atoms with Gasteiger partial charge in [-0.1, -0.05) is 30.2 Å². The number of ether oxygens (including phenoxy) is 1. The Balaban J connectivity index is 1.84. The van der Waals surface area contributed by atoms with E-state index in [1.54, 1.807) is 0 Å². The molecule has 0 aromatic heterocycles. The van der Waals surface area contributed by atoms with Gasteiger partial charge in [-0.3, -0.25) is 9.59 Å². The number of amides is 2. The maximum Gasteiger partial charge on any atom is 0.240 e. The van der Waals surface area contributed by atoms with E-state index in [1.807, 2.05) is 18.2 Å². The smallest absolute Gasteiger partial charge is 0.240 e. The molecule has 0 saturated carbocycles. The summed E-state index contributed by atoms with van der Waals surface area (Å²) in [4.78, 5) is 23.2. The molecular weight excluding hydrogens is 268 g/mol. The summed E-state index contributed by atoms with van der Waals surface area (Å²) in [5.41, 5.74) is 2.27. The molecule has 1 aliphatic rings. The summed E-state index contributed by atoms with van der Waals surface area (Å²) in [5.74, 6) is 1.78. The van der Waals surface area contributed by atoms with Crippen molar-refractivity contribution in [2.75, 3.05) is 19.7 Å². The molecule has 0 radical (unpaired) electrons. The van der Waals surface area contributed by atoms with Crippen LogP contribution in [0, 0.1) is 12.3 Å². The monoisotopic (exact) mass is 286 g/mol. The Labute approximate surface area is 124 Å². The van der Waals surface area contributed by atoms with Crippen molar-refractivity contribution in [3.63, 3.8) is 0 Å². The zero-order valence-corrected chi connectivity index (χ0v) is 11.7. The highest BCUT2D eigenvalue weighted by molar-refractivity contribution is 5.85. The van der Waals surface area contributed by atoms with Crippen LogP contribution in [0.1, 0.15) is 23.7 Å². The van der Waals surface area contributed by atoms with Crippen molar-refractivity contribution in [1.82, 2.24) is 10.6 Å². The molecule has 0 spiro atoms. The Morgan fingerprint density at radius 2 is 2.10 bits per heavy atom. The van der Waals surface area contributed by atoms with Crippen LogP contribution in [0.5, 0.6) is 0 Å². The fraction of sp³-hybridized carbons (Fsp3) is 0.375. The summed E-state index contributed by atoms with van der Waals surface area (Å²) in [6, 6.07) is 7.95. The first-order valence-corrected chi connectivity index (χ1v) is 6.87. The van der Waals surface area contributed by atoms with E-state index < -0.39 is 0 Å². The van der Waals surface area contributed by atoms with Gasteiger partial charge in [0.15, 0.2) is 0 Å². The van der Waals surface area contributed by atoms with Gasteiger partial charge in [-0.2, -0.15) is 0 Å². The maximum absolute atomic E-state index is 11.9. The standard InChI is InChI=1S/C16H18N2O3/c1-2-8-17-16(20)11-18-15(19)10-14-13-6-4-3-5-12(13)7-9-21-14/h1,3-6,14H,7-11H2,(H,17,20)(H,18,19)/t14-/m1/s1. The average Bonchev–Trinajstić information content (AvgIpc) is 2.51. The molecule has 21 heavy (non-hydrogen) atoms. The summed E-state index contributed by atoms with van der Waals surface area (Å²) >= 11 is 0. The van der Waals surface area contributed by atoms with Crippen molar-refractivity contribution in [3.8, 4) is 12.3 Å². The van der Waals surface area contributed by atoms with Crippen LogP contribution in [0.15, 0.2) is 24.3 Å². The molecule has 0 fully saturated rings. The summed E-state index contributed by atoms with van der Waals surface area (Å²) in [5, 5.41) is 5.06. The molecule has 0 bridgehead atoms. The molecular formula is C16H18N2O3. The third kappa shape index (κ3) is 4.33. The lowest BCUT2D eigenvalue weighted by Gasteiger charge is -2.25. The minimum atomic E-state index is -0.300. The second-order valence-electron chi connectivity index (χ2n) is 4.77. The molecule has 5 heteroatoms. The van der Waals surface area contributed by atoms with Gasteiger partial charge in [-0.15, -0.1) is 6.42 Å². The molecule has 5 nitrogen and oxygen atoms in total. The first kappa shape index (κ1) is 15.1. The van der Waals surface area contributed by atoms with Gasteiger partial charge < -0.3 is 15.4 Å². The Kier molecular flexibility index (Phi) is 5.35. The SMILES string of the molecule is C#CCNC(=O)CNC(=O)C[C@H]1OCCc2ccccc21. The molecule has 110 valence electrons. The van der Waals surface area contributed by atoms with Gasteiger partial charge in [0, 0.05) is 0 Å². The lowest BCUT2D eigenvalue weighted by atomic mass is 9.96. The number of hydrogen-bond donors (Lipinski definition) is 2. The van der Waals surface area contributed by atoms with Crippen molar-refractivity contribution >= 4 is 11.8 Å². The minimum absolute atomic E-state index is 0.0745. The van der Waals surface area contributed by atoms with Crippen molar-refractivity contribution in [3.05, 3.63) is 35.4 Å². The highest BCUT2D eigenvalue weighted by Crippen LogP contribution is 2.29. The minimum Gasteiger partial charge on any atom is -0.373 e. The van der Waals surface area contributed by atoms with Crippen molar-refractivity contribution in [1.29, 1.82) is 0 Å². The number of carbonyl (C=O) groups excluding carboxylic acids is 2. The third-order valence-electron chi connectivity index (χ3n) is 3.30. The van der Waals surface area contributed by atoms with E-state index >= 15 is 0 Å². The van der Waals surface area contributed by atoms with Crippen molar-refractivity contribution in [2.45, 2.75) is 18.9 Å². The zero-order valence-electron chi connectivity index (χ0n) is 11.7. The number of benzene rings is 1. The predicted molar refractivity (Wildman–Crippen MR) is 78.3 cm³/mol. The Hall–Kier alpha value is -2.32. The maximum atomic E-state index is 11.9. The van der Waals surface area contributed by atoms with Crippen LogP contribution in [0.25, 0.3) is 0 Å². The normalized spacial score (nSPS) is 16.4. The molecule has 1 aromatic rings. The van der Waals surface area contributed by atoms with Gasteiger partial charge in [-0.25, -0.2) is 0 Å². The van der Waals surface area contributed by atoms with Gasteiger partial charge in [0.25, 0.3) is 0 Å². The number of terminal acetylenes is 1. The first-order chi connectivity index (χ1) is 10.2. The van der Waals surface area contributed by atoms with Gasteiger partial charge in [0.05, 0.1) is 32.2 Å². The van der Waals surface area contributed by atoms with Crippen LogP contribution in [0.4, 0.5) is 0 Å². The van der Waals surface area contributed by atoms with Crippen LogP contribution in [0.2, 0.25) is 0 Å². The zero-order chi connectivity index (χ0) is 15.1. The first-order valence-electron chi connectivity index (χ1n) is 6.87. The Bertz CT molecular complexity index is 563. The molecule has 1 aliphatic heterocycles. The summed E-state index contributed by atoms with van der Waals surface area (Å²) in [6.07, 6.45) is 5.86. The van der Waals surface area contributed by atoms with Crippen molar-refractivity contribution < 1.29 is 14.3 Å². The highest BCUT2D eigenvalue weighted by Gasteiger charge is 2.23. The second-order valence-corrected chi connectivity index (χ2v) is 4.77. The summed E-state index contributed by atoms with van der Waals surface area (Å²) in [7, 11) is 0. The largest absolute Gasteiger partial charge is 0.373 e. The van der Waals surface area contributed by atoms with Crippen LogP contribution in [-0.2, 0) is 20.7 Å². The summed E-state index contributed by atoms with van der Waals surface area (Å²) < 4.78 is 5.66. The average molecular weight is 286 g/mol. The van der Waals surface area contributed by atoms with Crippen LogP contribution in [-0.4, -0.2) is 31.5 Å². The quantitative estimate of drug-likeness (QED) is 0.777. The molecule has 1 aromatic carbocycles. The number of rotatable bonds is 5. The van der Waals surface area contributed by atoms with E-state index in [0.29, 0.717) is 6.61 Å². The molecule has 0 unspecified atom stereocenters. The Morgan fingerprint density at radius 1 is 1.29 bits per heavy atom. The van der Waals surface area contributed by atoms with Gasteiger partial charge in [0.1, 0.15) is 0 Å². The molecule has 2 N–H and O–H groups in total. The lowest BCUT2D eigenvalue weighted by Crippen LogP contribution is -2.37. The van der Waals surface area contributed by atoms with Crippen LogP contribution < -0.4 is 10.6 Å². The molecule has 1 heterocycles. The van der Waals surface area contributed by atoms with E-state index in [9.17, 15) is 9.59 Å². The highest BCUT2D eigenvalue weighted by atomic mass is 16.5. The van der Waals surface area contributed by atoms with E-state index in [0.717, 1.165) is 12.0 Å². The van der Waals surface area contributed by atoms with Crippen LogP contribution in [0.3, 0.4) is 0 Å². The Morgan fingerprint density at radius 3 is 2.90 bits per heavy atom. The van der Waals surface area contributed by atoms with E-state index in [1.165, 1.54) is 5.56 Å². The fourth-order valence-electron chi connectivity index (χ4n) is 2.28. The van der Waals surface area contributed by atoms with Crippen LogP contribution >= 0.6 is 0 Å². The number of carbonyl (C=O) groups is 2. The summed E-state index contributed by atoms with van der Waals surface area (Å²) in [6.45, 7) is 0.695. The van der Waals surface area contributed by atoms with Crippen molar-refractivity contribution in [2.24, 2.45) is 0 Å². The third-order valence-corrected chi connectivity index (χ3v) is 3.30. The van der Waals surface area contributed by atoms with Gasteiger partial charge >= 0.3 is 0 Å². The fourth-order valence-corrected chi connectivity index (χ4v) is 2.28. The molecule has 2 rings (SSSR count). The second kappa shape index (κ2) is 7.46. The number of hydrogen-bond acceptors (Lipinski definition) is 3. The predicted octanol–water partition coefficient (Wildman–Crippen LogP) is 0.556. The molecule has 0 aliphatic carbocycles. The van der Waals surface area contributed by atoms with E-state index in [4.69, 9.17) is 11.2 Å². The lowest BCUT2D eigenvalue weighted by molar-refractivity contribution is -0.128. The number of nitrogens with one attached hydrogen (secondary N) is 2. The van der Waals surface area contributed by atoms with Gasteiger partial charge in [0.2, 0.25) is 11.8 Å². The molecule has 1 atom stereocenters. The topological polar surface area (TPSA) is 67.4 Å². The van der Waals surface area contributed by atoms with E-state index in [2.05, 4.69) is 22.6 Å².